The van der Waals surface area contributed by atoms with Gasteiger partial charge in [-0.25, -0.2) is 4.79 Å². The van der Waals surface area contributed by atoms with Crippen LogP contribution in [0, 0.1) is 0 Å². The molecule has 0 spiro atoms. The van der Waals surface area contributed by atoms with Gasteiger partial charge in [0.2, 0.25) is 0 Å². The van der Waals surface area contributed by atoms with Crippen LogP contribution in [0.25, 0.3) is 10.9 Å². The Labute approximate surface area is 142 Å². The van der Waals surface area contributed by atoms with Gasteiger partial charge in [0.25, 0.3) is 5.91 Å². The summed E-state index contributed by atoms with van der Waals surface area (Å²) in [7, 11) is 1.45. The van der Waals surface area contributed by atoms with Crippen LogP contribution in [0.15, 0.2) is 30.5 Å². The Kier molecular flexibility index (Phi) is 5.27. The summed E-state index contributed by atoms with van der Waals surface area (Å²) >= 11 is 4.53. The molecule has 1 fully saturated rings. The number of H-pyrrole nitrogens is 1. The number of imide groups is 1. The van der Waals surface area contributed by atoms with E-state index in [-0.39, 0.29) is 4.99 Å². The van der Waals surface area contributed by atoms with Crippen LogP contribution in [0.3, 0.4) is 0 Å². The number of nitrogens with two attached hydrogens (primary N) is 1. The van der Waals surface area contributed by atoms with E-state index in [4.69, 9.17) is 10.8 Å². The summed E-state index contributed by atoms with van der Waals surface area (Å²) in [6.45, 7) is 0. The highest BCUT2D eigenvalue weighted by Crippen LogP contribution is 2.18. The minimum absolute atomic E-state index is 0.0278. The molecule has 2 heterocycles. The predicted molar refractivity (Wildman–Crippen MR) is 91.5 cm³/mol. The molecule has 0 bridgehead atoms. The topological polar surface area (TPSA) is 129 Å². The number of amides is 3. The van der Waals surface area contributed by atoms with E-state index in [1.807, 2.05) is 35.8 Å². The largest absolute Gasteiger partial charge is 0.480 e. The number of likely N-dealkylation sites (N-methyl/N-ethyl adjacent to an activating group) is 1. The van der Waals surface area contributed by atoms with Crippen LogP contribution in [-0.4, -0.2) is 51.0 Å². The van der Waals surface area contributed by atoms with Gasteiger partial charge in [0.15, 0.2) is 4.99 Å². The molecule has 126 valence electrons. The molecule has 2 aromatic rings. The number of benzene rings is 1. The third-order valence-electron chi connectivity index (χ3n) is 3.46. The predicted octanol–water partition coefficient (Wildman–Crippen LogP) is 0.618. The van der Waals surface area contributed by atoms with Crippen LogP contribution in [0.5, 0.6) is 0 Å². The quantitative estimate of drug-likeness (QED) is 0.475. The number of aromatic nitrogens is 1. The normalized spacial score (nSPS) is 15.1. The van der Waals surface area contributed by atoms with Crippen molar-refractivity contribution in [2.75, 3.05) is 7.05 Å². The van der Waals surface area contributed by atoms with E-state index in [2.05, 4.69) is 17.2 Å². The van der Waals surface area contributed by atoms with Crippen molar-refractivity contribution in [2.45, 2.75) is 12.5 Å². The second-order valence-corrected chi connectivity index (χ2v) is 5.52. The van der Waals surface area contributed by atoms with Crippen molar-refractivity contribution < 1.29 is 19.5 Å². The summed E-state index contributed by atoms with van der Waals surface area (Å²) in [6.07, 6.45) is 2.16. The van der Waals surface area contributed by atoms with Crippen molar-refractivity contribution in [1.29, 1.82) is 0 Å². The molecule has 0 saturated carbocycles. The first-order valence-electron chi connectivity index (χ1n) is 6.97. The van der Waals surface area contributed by atoms with E-state index in [1.54, 1.807) is 0 Å². The number of urea groups is 1. The molecule has 24 heavy (non-hydrogen) atoms. The van der Waals surface area contributed by atoms with Crippen molar-refractivity contribution in [3.63, 3.8) is 0 Å². The van der Waals surface area contributed by atoms with Crippen LogP contribution in [0.1, 0.15) is 5.56 Å². The molecule has 1 aromatic heterocycles. The summed E-state index contributed by atoms with van der Waals surface area (Å²) in [5.74, 6) is -1.46. The molecule has 8 nitrogen and oxygen atoms in total. The molecular weight excluding hydrogens is 332 g/mol. The molecule has 9 heteroatoms. The van der Waals surface area contributed by atoms with Crippen LogP contribution in [0.4, 0.5) is 4.79 Å². The monoisotopic (exact) mass is 348 g/mol. The summed E-state index contributed by atoms with van der Waals surface area (Å²) < 4.78 is 0. The third kappa shape index (κ3) is 3.76. The van der Waals surface area contributed by atoms with E-state index >= 15 is 0 Å². The van der Waals surface area contributed by atoms with Crippen LogP contribution in [-0.2, 0) is 16.0 Å². The molecule has 1 aromatic carbocycles. The Hall–Kier alpha value is -2.78. The zero-order valence-electron chi connectivity index (χ0n) is 12.8. The van der Waals surface area contributed by atoms with E-state index in [1.165, 1.54) is 7.05 Å². The average Bonchev–Trinajstić information content (AvgIpc) is 3.05. The molecule has 1 aliphatic rings. The number of thiocarbonyl (C=S) groups is 1. The Morgan fingerprint density at radius 2 is 2.04 bits per heavy atom. The lowest BCUT2D eigenvalue weighted by Crippen LogP contribution is -2.32. The van der Waals surface area contributed by atoms with Gasteiger partial charge in [0, 0.05) is 30.6 Å². The number of para-hydroxylation sites is 1. The van der Waals surface area contributed by atoms with Gasteiger partial charge in [-0.15, -0.1) is 0 Å². The summed E-state index contributed by atoms with van der Waals surface area (Å²) in [6, 6.07) is 6.46. The minimum atomic E-state index is -0.972. The standard InChI is InChI=1S/C11H12N2O2.C4H4N2O2S/c12-9(11(14)15)5-7-6-13-10-4-2-1-3-8(7)10;1-6-3(9)2(7)5-4(6)8/h1-4,6,9,13H,5,12H2,(H,14,15);1H3,(H,5,7,8). The smallest absolute Gasteiger partial charge is 0.329 e. The number of carboxylic acids is 1. The van der Waals surface area contributed by atoms with Crippen molar-refractivity contribution in [1.82, 2.24) is 15.2 Å². The first-order chi connectivity index (χ1) is 11.3. The Bertz CT molecular complexity index is 817. The van der Waals surface area contributed by atoms with E-state index in [0.29, 0.717) is 6.42 Å². The molecule has 0 radical (unpaired) electrons. The molecule has 1 atom stereocenters. The second kappa shape index (κ2) is 7.20. The number of aliphatic carboxylic acids is 1. The van der Waals surface area contributed by atoms with Crippen LogP contribution in [0.2, 0.25) is 0 Å². The highest BCUT2D eigenvalue weighted by molar-refractivity contribution is 7.82. The molecule has 1 aliphatic heterocycles. The van der Waals surface area contributed by atoms with Gasteiger partial charge in [0.1, 0.15) is 6.04 Å². The van der Waals surface area contributed by atoms with Gasteiger partial charge in [0.05, 0.1) is 0 Å². The van der Waals surface area contributed by atoms with Crippen LogP contribution >= 0.6 is 12.2 Å². The number of hydrogen-bond donors (Lipinski definition) is 4. The number of fused-ring (bicyclic) bond motifs is 1. The lowest BCUT2D eigenvalue weighted by Gasteiger charge is -2.04. The number of aromatic amines is 1. The van der Waals surface area contributed by atoms with Gasteiger partial charge in [-0.3, -0.25) is 19.8 Å². The van der Waals surface area contributed by atoms with Crippen molar-refractivity contribution in [3.8, 4) is 0 Å². The Morgan fingerprint density at radius 3 is 2.54 bits per heavy atom. The van der Waals surface area contributed by atoms with E-state index in [9.17, 15) is 14.4 Å². The fourth-order valence-corrected chi connectivity index (χ4v) is 2.24. The summed E-state index contributed by atoms with van der Waals surface area (Å²) in [4.78, 5) is 35.8. The fraction of sp³-hybridized carbons (Fsp3) is 0.200. The minimum Gasteiger partial charge on any atom is -0.480 e. The van der Waals surface area contributed by atoms with Gasteiger partial charge in [-0.2, -0.15) is 0 Å². The average molecular weight is 348 g/mol. The second-order valence-electron chi connectivity index (χ2n) is 5.13. The summed E-state index contributed by atoms with van der Waals surface area (Å²) in [5.41, 5.74) is 7.43. The lowest BCUT2D eigenvalue weighted by atomic mass is 10.1. The maximum Gasteiger partial charge on any atom is 0.329 e. The van der Waals surface area contributed by atoms with Crippen molar-refractivity contribution in [3.05, 3.63) is 36.0 Å². The van der Waals surface area contributed by atoms with Gasteiger partial charge >= 0.3 is 12.0 Å². The Balaban J connectivity index is 0.000000198. The number of carbonyl (C=O) groups excluding carboxylic acids is 2. The molecule has 3 amide bonds. The highest BCUT2D eigenvalue weighted by atomic mass is 32.1. The fourth-order valence-electron chi connectivity index (χ4n) is 2.10. The maximum absolute atomic E-state index is 10.6. The third-order valence-corrected chi connectivity index (χ3v) is 3.92. The number of rotatable bonds is 3. The summed E-state index contributed by atoms with van der Waals surface area (Å²) in [5, 5.41) is 11.8. The Morgan fingerprint density at radius 1 is 1.38 bits per heavy atom. The molecular formula is C15H16N4O4S. The zero-order valence-corrected chi connectivity index (χ0v) is 13.6. The first kappa shape index (κ1) is 17.6. The molecule has 1 saturated heterocycles. The number of nitrogens with one attached hydrogen (secondary N) is 2. The van der Waals surface area contributed by atoms with Crippen molar-refractivity contribution >= 4 is 46.0 Å². The van der Waals surface area contributed by atoms with E-state index in [0.717, 1.165) is 21.4 Å². The highest BCUT2D eigenvalue weighted by Gasteiger charge is 2.29. The van der Waals surface area contributed by atoms with Crippen molar-refractivity contribution in [2.24, 2.45) is 5.73 Å². The maximum atomic E-state index is 10.6. The number of hydrogen-bond acceptors (Lipinski definition) is 5. The molecule has 5 N–H and O–H groups in total. The molecule has 0 aliphatic carbocycles. The number of nitrogens with zero attached hydrogens (tertiary/aromatic N) is 1. The van der Waals surface area contributed by atoms with Crippen LogP contribution < -0.4 is 11.1 Å². The first-order valence-corrected chi connectivity index (χ1v) is 7.38. The number of carbonyl (C=O) groups is 3. The van der Waals surface area contributed by atoms with Gasteiger partial charge < -0.3 is 15.8 Å². The lowest BCUT2D eigenvalue weighted by molar-refractivity contribution is -0.138. The zero-order chi connectivity index (χ0) is 17.9. The van der Waals surface area contributed by atoms with Gasteiger partial charge in [-0.1, -0.05) is 30.4 Å². The molecule has 3 rings (SSSR count). The SMILES string of the molecule is CN1C(=O)NC(=O)C1=S.NC(Cc1c[nH]c2ccccc12)C(=O)O. The molecule has 1 unspecified atom stereocenters. The van der Waals surface area contributed by atoms with Gasteiger partial charge in [-0.05, 0) is 11.6 Å². The van der Waals surface area contributed by atoms with E-state index < -0.39 is 23.9 Å². The number of carboxylic acid groups (broad SMARTS) is 1.